The van der Waals surface area contributed by atoms with Gasteiger partial charge >= 0.3 is 8.25 Å². The molecule has 4 heteroatoms. The zero-order valence-electron chi connectivity index (χ0n) is 6.94. The molecule has 0 aliphatic carbocycles. The van der Waals surface area contributed by atoms with Gasteiger partial charge in [0.25, 0.3) is 0 Å². The number of aryl methyl sites for hydroxylation is 2. The summed E-state index contributed by atoms with van der Waals surface area (Å²) in [4.78, 5) is 8.54. The maximum absolute atomic E-state index is 10.4. The van der Waals surface area contributed by atoms with Crippen LogP contribution in [0, 0.1) is 13.8 Å². The van der Waals surface area contributed by atoms with Crippen molar-refractivity contribution in [2.75, 3.05) is 0 Å². The van der Waals surface area contributed by atoms with Crippen LogP contribution in [0.3, 0.4) is 0 Å². The molecule has 3 nitrogen and oxygen atoms in total. The predicted octanol–water partition coefficient (Wildman–Crippen LogP) is 2.33. The van der Waals surface area contributed by atoms with Crippen LogP contribution in [0.25, 0.3) is 0 Å². The van der Waals surface area contributed by atoms with Gasteiger partial charge in [-0.05, 0) is 25.0 Å². The Hall–Kier alpha value is -0.920. The molecule has 0 bridgehead atoms. The first-order valence-electron chi connectivity index (χ1n) is 3.51. The van der Waals surface area contributed by atoms with Gasteiger partial charge in [0.1, 0.15) is 0 Å². The third-order valence-corrected chi connectivity index (χ3v) is 1.92. The van der Waals surface area contributed by atoms with Crippen LogP contribution in [0.1, 0.15) is 11.1 Å². The van der Waals surface area contributed by atoms with Gasteiger partial charge in [-0.25, -0.2) is 4.52 Å². The summed E-state index contributed by atoms with van der Waals surface area (Å²) in [6.45, 7) is 3.67. The zero-order chi connectivity index (χ0) is 9.14. The molecule has 0 amide bonds. The average molecular weight is 185 g/mol. The third-order valence-electron chi connectivity index (χ3n) is 1.58. The summed E-state index contributed by atoms with van der Waals surface area (Å²) < 4.78 is 15.1. The molecular weight excluding hydrogens is 175 g/mol. The Kier molecular flexibility index (Phi) is 2.79. The minimum atomic E-state index is -2.56. The van der Waals surface area contributed by atoms with Crippen LogP contribution in [-0.4, -0.2) is 4.89 Å². The van der Waals surface area contributed by atoms with Crippen molar-refractivity contribution in [1.29, 1.82) is 0 Å². The summed E-state index contributed by atoms with van der Waals surface area (Å²) in [7, 11) is -2.56. The van der Waals surface area contributed by atoms with E-state index in [9.17, 15) is 4.57 Å². The van der Waals surface area contributed by atoms with E-state index in [-0.39, 0.29) is 0 Å². The van der Waals surface area contributed by atoms with Crippen molar-refractivity contribution in [3.63, 3.8) is 0 Å². The van der Waals surface area contributed by atoms with Crippen molar-refractivity contribution >= 4 is 8.25 Å². The van der Waals surface area contributed by atoms with Gasteiger partial charge in [-0.3, -0.25) is 0 Å². The molecule has 1 aromatic rings. The SMILES string of the molecule is Cc1cccc(C)c1O[P+](=O)O. The second-order valence-corrected chi connectivity index (χ2v) is 3.21. The molecular formula is C8H10O3P+. The number of benzene rings is 1. The Labute approximate surface area is 71.9 Å². The lowest BCUT2D eigenvalue weighted by Gasteiger charge is -2.00. The maximum atomic E-state index is 10.4. The van der Waals surface area contributed by atoms with Gasteiger partial charge in [-0.2, -0.15) is 0 Å². The zero-order valence-corrected chi connectivity index (χ0v) is 7.84. The highest BCUT2D eigenvalue weighted by molar-refractivity contribution is 7.32. The van der Waals surface area contributed by atoms with E-state index in [1.165, 1.54) is 0 Å². The molecule has 0 aromatic heterocycles. The van der Waals surface area contributed by atoms with E-state index in [0.717, 1.165) is 11.1 Å². The fourth-order valence-corrected chi connectivity index (χ4v) is 1.47. The van der Waals surface area contributed by atoms with E-state index < -0.39 is 8.25 Å². The minimum absolute atomic E-state index is 0.501. The summed E-state index contributed by atoms with van der Waals surface area (Å²) in [5, 5.41) is 0. The van der Waals surface area contributed by atoms with E-state index in [2.05, 4.69) is 0 Å². The lowest BCUT2D eigenvalue weighted by Crippen LogP contribution is -1.87. The smallest absolute Gasteiger partial charge is 0.229 e. The van der Waals surface area contributed by atoms with Crippen molar-refractivity contribution < 1.29 is 14.0 Å². The highest BCUT2D eigenvalue weighted by atomic mass is 31.1. The van der Waals surface area contributed by atoms with Crippen molar-refractivity contribution in [3.05, 3.63) is 29.3 Å². The van der Waals surface area contributed by atoms with Gasteiger partial charge < -0.3 is 0 Å². The Bertz CT molecular complexity index is 289. The maximum Gasteiger partial charge on any atom is 0.747 e. The number of hydrogen-bond donors (Lipinski definition) is 1. The second-order valence-electron chi connectivity index (χ2n) is 2.55. The van der Waals surface area contributed by atoms with E-state index in [1.54, 1.807) is 0 Å². The molecule has 64 valence electrons. The molecule has 0 fully saturated rings. The standard InChI is InChI=1S/C8H9O3P/c1-6-4-3-5-7(2)8(6)11-12(9)10/h3-5H,1-2H3/p+1. The normalized spacial score (nSPS) is 11.1. The molecule has 0 saturated carbocycles. The number of para-hydroxylation sites is 1. The number of rotatable bonds is 2. The topological polar surface area (TPSA) is 46.5 Å². The van der Waals surface area contributed by atoms with E-state index in [0.29, 0.717) is 5.75 Å². The third kappa shape index (κ3) is 2.03. The van der Waals surface area contributed by atoms with Crippen LogP contribution in [0.4, 0.5) is 0 Å². The monoisotopic (exact) mass is 185 g/mol. The predicted molar refractivity (Wildman–Crippen MR) is 46.4 cm³/mol. The Morgan fingerprint density at radius 3 is 2.25 bits per heavy atom. The average Bonchev–Trinajstić information content (AvgIpc) is 1.97. The number of hydrogen-bond acceptors (Lipinski definition) is 2. The summed E-state index contributed by atoms with van der Waals surface area (Å²) in [6.07, 6.45) is 0. The largest absolute Gasteiger partial charge is 0.747 e. The molecule has 1 aromatic carbocycles. The van der Waals surface area contributed by atoms with E-state index in [4.69, 9.17) is 9.42 Å². The molecule has 0 radical (unpaired) electrons. The fourth-order valence-electron chi connectivity index (χ4n) is 1.02. The van der Waals surface area contributed by atoms with Crippen LogP contribution in [0.2, 0.25) is 0 Å². The Balaban J connectivity index is 3.04. The van der Waals surface area contributed by atoms with Gasteiger partial charge in [0.05, 0.1) is 0 Å². The van der Waals surface area contributed by atoms with Crippen molar-refractivity contribution in [3.8, 4) is 5.75 Å². The summed E-state index contributed by atoms with van der Waals surface area (Å²) >= 11 is 0. The van der Waals surface area contributed by atoms with Gasteiger partial charge in [-0.15, -0.1) is 4.89 Å². The fraction of sp³-hybridized carbons (Fsp3) is 0.250. The van der Waals surface area contributed by atoms with Gasteiger partial charge in [0.15, 0.2) is 5.75 Å². The first-order valence-corrected chi connectivity index (χ1v) is 4.64. The summed E-state index contributed by atoms with van der Waals surface area (Å²) in [6, 6.07) is 5.55. The van der Waals surface area contributed by atoms with Crippen LogP contribution in [0.5, 0.6) is 5.75 Å². The molecule has 1 N–H and O–H groups in total. The molecule has 1 atom stereocenters. The first-order chi connectivity index (χ1) is 5.61. The van der Waals surface area contributed by atoms with Crippen molar-refractivity contribution in [2.24, 2.45) is 0 Å². The second kappa shape index (κ2) is 3.65. The minimum Gasteiger partial charge on any atom is -0.229 e. The van der Waals surface area contributed by atoms with E-state index >= 15 is 0 Å². The Morgan fingerprint density at radius 2 is 1.83 bits per heavy atom. The molecule has 0 heterocycles. The quantitative estimate of drug-likeness (QED) is 0.719. The van der Waals surface area contributed by atoms with Gasteiger partial charge in [0, 0.05) is 4.57 Å². The lowest BCUT2D eigenvalue weighted by molar-refractivity contribution is 0.408. The highest BCUT2D eigenvalue weighted by Gasteiger charge is 2.17. The van der Waals surface area contributed by atoms with Crippen LogP contribution >= 0.6 is 8.25 Å². The Morgan fingerprint density at radius 1 is 1.33 bits per heavy atom. The van der Waals surface area contributed by atoms with Crippen molar-refractivity contribution in [1.82, 2.24) is 0 Å². The molecule has 1 unspecified atom stereocenters. The van der Waals surface area contributed by atoms with Gasteiger partial charge in [0.2, 0.25) is 0 Å². The molecule has 12 heavy (non-hydrogen) atoms. The summed E-state index contributed by atoms with van der Waals surface area (Å²) in [5.41, 5.74) is 1.74. The lowest BCUT2D eigenvalue weighted by atomic mass is 10.1. The molecule has 1 rings (SSSR count). The van der Waals surface area contributed by atoms with Crippen molar-refractivity contribution in [2.45, 2.75) is 13.8 Å². The van der Waals surface area contributed by atoms with Crippen LogP contribution in [0.15, 0.2) is 18.2 Å². The first kappa shape index (κ1) is 9.17. The van der Waals surface area contributed by atoms with E-state index in [1.807, 2.05) is 32.0 Å². The van der Waals surface area contributed by atoms with Crippen LogP contribution < -0.4 is 4.52 Å². The molecule has 0 aliphatic rings. The molecule has 0 spiro atoms. The highest BCUT2D eigenvalue weighted by Crippen LogP contribution is 2.29. The summed E-state index contributed by atoms with van der Waals surface area (Å²) in [5.74, 6) is 0.501. The molecule has 0 saturated heterocycles. The van der Waals surface area contributed by atoms with Gasteiger partial charge in [-0.1, -0.05) is 18.2 Å². The molecule has 0 aliphatic heterocycles. The van der Waals surface area contributed by atoms with Crippen LogP contribution in [-0.2, 0) is 4.57 Å².